The van der Waals surface area contributed by atoms with Gasteiger partial charge in [-0.1, -0.05) is 25.1 Å². The van der Waals surface area contributed by atoms with E-state index in [0.29, 0.717) is 31.0 Å². The smallest absolute Gasteiger partial charge is 0.191 e. The van der Waals surface area contributed by atoms with Gasteiger partial charge in [0.2, 0.25) is 0 Å². The predicted octanol–water partition coefficient (Wildman–Crippen LogP) is 1.36. The molecular formula is C15H24FN3O2S. The summed E-state index contributed by atoms with van der Waals surface area (Å²) in [6, 6.07) is 6.64. The van der Waals surface area contributed by atoms with Gasteiger partial charge in [-0.05, 0) is 25.0 Å². The number of sulfone groups is 1. The Balaban J connectivity index is 2.48. The molecule has 0 bridgehead atoms. The van der Waals surface area contributed by atoms with E-state index in [-0.39, 0.29) is 23.9 Å². The summed E-state index contributed by atoms with van der Waals surface area (Å²) in [5.74, 6) is 0.484. The number of halogens is 1. The van der Waals surface area contributed by atoms with E-state index in [4.69, 9.17) is 0 Å². The van der Waals surface area contributed by atoms with Gasteiger partial charge in [0.05, 0.1) is 12.3 Å². The van der Waals surface area contributed by atoms with Crippen LogP contribution in [0.2, 0.25) is 0 Å². The third-order valence-electron chi connectivity index (χ3n) is 3.10. The number of hydrogen-bond acceptors (Lipinski definition) is 3. The highest BCUT2D eigenvalue weighted by molar-refractivity contribution is 7.91. The molecule has 5 nitrogen and oxygen atoms in total. The highest BCUT2D eigenvalue weighted by Gasteiger charge is 2.06. The summed E-state index contributed by atoms with van der Waals surface area (Å²) in [4.78, 5) is 4.22. The van der Waals surface area contributed by atoms with Crippen LogP contribution in [0.3, 0.4) is 0 Å². The van der Waals surface area contributed by atoms with Crippen molar-refractivity contribution < 1.29 is 12.8 Å². The molecule has 0 unspecified atom stereocenters. The Morgan fingerprint density at radius 3 is 2.59 bits per heavy atom. The second-order valence-electron chi connectivity index (χ2n) is 4.77. The summed E-state index contributed by atoms with van der Waals surface area (Å²) in [6.07, 6.45) is 0.532. The van der Waals surface area contributed by atoms with Crippen molar-refractivity contribution in [2.24, 2.45) is 4.99 Å². The van der Waals surface area contributed by atoms with E-state index < -0.39 is 9.84 Å². The van der Waals surface area contributed by atoms with Gasteiger partial charge < -0.3 is 10.6 Å². The van der Waals surface area contributed by atoms with Gasteiger partial charge in [0.1, 0.15) is 5.82 Å². The first-order valence-electron chi connectivity index (χ1n) is 7.44. The van der Waals surface area contributed by atoms with Crippen molar-refractivity contribution in [3.63, 3.8) is 0 Å². The van der Waals surface area contributed by atoms with E-state index in [1.54, 1.807) is 25.1 Å². The van der Waals surface area contributed by atoms with Gasteiger partial charge in [0.15, 0.2) is 15.8 Å². The van der Waals surface area contributed by atoms with Gasteiger partial charge in [-0.3, -0.25) is 4.99 Å². The first-order valence-corrected chi connectivity index (χ1v) is 9.26. The maximum Gasteiger partial charge on any atom is 0.191 e. The van der Waals surface area contributed by atoms with Crippen molar-refractivity contribution in [1.82, 2.24) is 10.6 Å². The van der Waals surface area contributed by atoms with Crippen molar-refractivity contribution in [3.05, 3.63) is 35.6 Å². The monoisotopic (exact) mass is 329 g/mol. The van der Waals surface area contributed by atoms with E-state index in [1.165, 1.54) is 6.07 Å². The lowest BCUT2D eigenvalue weighted by molar-refractivity contribution is 0.596. The summed E-state index contributed by atoms with van der Waals surface area (Å²) in [6.45, 7) is 4.96. The van der Waals surface area contributed by atoms with Gasteiger partial charge in [0.25, 0.3) is 0 Å². The molecule has 2 N–H and O–H groups in total. The zero-order chi connectivity index (χ0) is 16.4. The molecule has 0 saturated heterocycles. The van der Waals surface area contributed by atoms with Crippen LogP contribution >= 0.6 is 0 Å². The van der Waals surface area contributed by atoms with Crippen molar-refractivity contribution in [1.29, 1.82) is 0 Å². The SMILES string of the molecule is CCNC(=NCCS(=O)(=O)CC)NCCc1ccccc1F. The molecule has 0 radical (unpaired) electrons. The summed E-state index contributed by atoms with van der Waals surface area (Å²) >= 11 is 0. The number of benzene rings is 1. The van der Waals surface area contributed by atoms with Gasteiger partial charge in [-0.2, -0.15) is 0 Å². The Kier molecular flexibility index (Phi) is 7.87. The van der Waals surface area contributed by atoms with Gasteiger partial charge in [0, 0.05) is 18.8 Å². The van der Waals surface area contributed by atoms with E-state index in [2.05, 4.69) is 15.6 Å². The minimum Gasteiger partial charge on any atom is -0.357 e. The van der Waals surface area contributed by atoms with Gasteiger partial charge in [-0.25, -0.2) is 12.8 Å². The molecule has 1 rings (SSSR count). The number of hydrogen-bond donors (Lipinski definition) is 2. The van der Waals surface area contributed by atoms with Crippen LogP contribution in [0, 0.1) is 5.82 Å². The second-order valence-corrected chi connectivity index (χ2v) is 7.24. The zero-order valence-electron chi connectivity index (χ0n) is 13.1. The Morgan fingerprint density at radius 2 is 1.95 bits per heavy atom. The van der Waals surface area contributed by atoms with E-state index in [0.717, 1.165) is 0 Å². The predicted molar refractivity (Wildman–Crippen MR) is 88.4 cm³/mol. The minimum absolute atomic E-state index is 0.0351. The second kappa shape index (κ2) is 9.40. The molecule has 0 aliphatic carbocycles. The normalized spacial score (nSPS) is 12.2. The van der Waals surface area contributed by atoms with E-state index in [1.807, 2.05) is 6.92 Å². The summed E-state index contributed by atoms with van der Waals surface area (Å²) in [5, 5.41) is 6.12. The van der Waals surface area contributed by atoms with Crippen LogP contribution in [0.4, 0.5) is 4.39 Å². The lowest BCUT2D eigenvalue weighted by atomic mass is 10.1. The van der Waals surface area contributed by atoms with Crippen molar-refractivity contribution >= 4 is 15.8 Å². The third kappa shape index (κ3) is 6.89. The lowest BCUT2D eigenvalue weighted by Crippen LogP contribution is -2.38. The molecule has 124 valence electrons. The molecule has 0 aliphatic rings. The molecule has 1 aromatic carbocycles. The Bertz CT molecular complexity index is 588. The van der Waals surface area contributed by atoms with Crippen LogP contribution < -0.4 is 10.6 Å². The first kappa shape index (κ1) is 18.4. The van der Waals surface area contributed by atoms with Crippen molar-refractivity contribution in [3.8, 4) is 0 Å². The largest absolute Gasteiger partial charge is 0.357 e. The first-order chi connectivity index (χ1) is 10.5. The molecule has 0 amide bonds. The Morgan fingerprint density at radius 1 is 1.23 bits per heavy atom. The van der Waals surface area contributed by atoms with Gasteiger partial charge in [-0.15, -0.1) is 0 Å². The van der Waals surface area contributed by atoms with E-state index >= 15 is 0 Å². The maximum absolute atomic E-state index is 13.5. The molecule has 22 heavy (non-hydrogen) atoms. The van der Waals surface area contributed by atoms with Crippen molar-refractivity contribution in [2.75, 3.05) is 31.1 Å². The highest BCUT2D eigenvalue weighted by atomic mass is 32.2. The van der Waals surface area contributed by atoms with Crippen LogP contribution in [0.5, 0.6) is 0 Å². The summed E-state index contributed by atoms with van der Waals surface area (Å²) in [5.41, 5.74) is 0.638. The van der Waals surface area contributed by atoms with Crippen LogP contribution in [0.25, 0.3) is 0 Å². The average Bonchev–Trinajstić information content (AvgIpc) is 2.49. The zero-order valence-corrected chi connectivity index (χ0v) is 13.9. The van der Waals surface area contributed by atoms with E-state index in [9.17, 15) is 12.8 Å². The Hall–Kier alpha value is -1.63. The minimum atomic E-state index is -3.01. The molecule has 0 fully saturated rings. The molecule has 0 saturated carbocycles. The number of guanidine groups is 1. The van der Waals surface area contributed by atoms with Crippen LogP contribution in [-0.2, 0) is 16.3 Å². The van der Waals surface area contributed by atoms with Crippen LogP contribution in [0.15, 0.2) is 29.3 Å². The number of nitrogens with zero attached hydrogens (tertiary/aromatic N) is 1. The lowest BCUT2D eigenvalue weighted by Gasteiger charge is -2.11. The molecule has 0 aliphatic heterocycles. The topological polar surface area (TPSA) is 70.6 Å². The Labute approximate surface area is 132 Å². The number of rotatable bonds is 8. The molecule has 0 heterocycles. The quantitative estimate of drug-likeness (QED) is 0.558. The fraction of sp³-hybridized carbons (Fsp3) is 0.533. The molecule has 0 spiro atoms. The summed E-state index contributed by atoms with van der Waals surface area (Å²) in [7, 11) is -3.01. The number of aliphatic imine (C=N–C) groups is 1. The fourth-order valence-electron chi connectivity index (χ4n) is 1.80. The molecule has 1 aromatic rings. The van der Waals surface area contributed by atoms with Crippen molar-refractivity contribution in [2.45, 2.75) is 20.3 Å². The molecular weight excluding hydrogens is 305 g/mol. The maximum atomic E-state index is 13.5. The fourth-order valence-corrected chi connectivity index (χ4v) is 2.46. The molecule has 0 aromatic heterocycles. The molecule has 0 atom stereocenters. The average molecular weight is 329 g/mol. The van der Waals surface area contributed by atoms with Crippen LogP contribution in [-0.4, -0.2) is 45.5 Å². The standard InChI is InChI=1S/C15H24FN3O2S/c1-3-17-15(19-11-12-22(20,21)4-2)18-10-9-13-7-5-6-8-14(13)16/h5-8H,3-4,9-12H2,1-2H3,(H2,17,18,19). The van der Waals surface area contributed by atoms with Crippen LogP contribution in [0.1, 0.15) is 19.4 Å². The third-order valence-corrected chi connectivity index (χ3v) is 4.79. The molecule has 7 heteroatoms. The highest BCUT2D eigenvalue weighted by Crippen LogP contribution is 2.06. The van der Waals surface area contributed by atoms with Gasteiger partial charge >= 0.3 is 0 Å². The number of nitrogens with one attached hydrogen (secondary N) is 2. The summed E-state index contributed by atoms with van der Waals surface area (Å²) < 4.78 is 36.3.